The molecule has 234 valence electrons. The number of aromatic nitrogens is 4. The first-order valence-electron chi connectivity index (χ1n) is 16.4. The number of carboxylic acid groups (broad SMARTS) is 1. The van der Waals surface area contributed by atoms with Crippen LogP contribution in [-0.2, 0) is 4.74 Å². The number of nitrogens with one attached hydrogen (secondary N) is 2. The van der Waals surface area contributed by atoms with Crippen LogP contribution in [0.25, 0.3) is 33.2 Å². The van der Waals surface area contributed by atoms with Gasteiger partial charge in [-0.15, -0.1) is 0 Å². The van der Waals surface area contributed by atoms with E-state index < -0.39 is 5.97 Å². The van der Waals surface area contributed by atoms with Gasteiger partial charge in [0.05, 0.1) is 28.6 Å². The smallest absolute Gasteiger partial charge is 0.338 e. The molecule has 0 aromatic carbocycles. The number of ether oxygens (including phenoxy) is 1. The van der Waals surface area contributed by atoms with Crippen LogP contribution in [0.1, 0.15) is 148 Å². The quantitative estimate of drug-likeness (QED) is 0.202. The van der Waals surface area contributed by atoms with E-state index in [0.29, 0.717) is 11.1 Å². The summed E-state index contributed by atoms with van der Waals surface area (Å²) in [6.45, 7) is 17.8. The molecule has 2 aliphatic rings. The molecule has 0 spiro atoms. The third-order valence-electron chi connectivity index (χ3n) is 9.71. The van der Waals surface area contributed by atoms with Crippen molar-refractivity contribution in [3.8, 4) is 0 Å². The molecule has 0 saturated heterocycles. The normalized spacial score (nSPS) is 17.4. The van der Waals surface area contributed by atoms with E-state index in [2.05, 4.69) is 70.6 Å². The minimum atomic E-state index is -0.946. The highest BCUT2D eigenvalue weighted by Gasteiger charge is 2.28. The fraction of sp³-hybridized carbons (Fsp3) is 0.486. The summed E-state index contributed by atoms with van der Waals surface area (Å²) in [5, 5.41) is 10.2. The number of H-pyrrole nitrogens is 2. The highest BCUT2D eigenvalue weighted by molar-refractivity contribution is 6.01. The van der Waals surface area contributed by atoms with Crippen LogP contribution in [0.3, 0.4) is 0 Å². The molecule has 0 saturated carbocycles. The maximum absolute atomic E-state index is 12.5. The molecule has 0 radical (unpaired) electrons. The lowest BCUT2D eigenvalue weighted by Crippen LogP contribution is -2.03. The van der Waals surface area contributed by atoms with Crippen LogP contribution in [0.5, 0.6) is 0 Å². The number of carboxylic acids is 1. The predicted molar refractivity (Wildman–Crippen MR) is 180 cm³/mol. The van der Waals surface area contributed by atoms with Crippen LogP contribution in [0.4, 0.5) is 0 Å². The zero-order chi connectivity index (χ0) is 31.7. The molecular formula is C37H48N4O3. The molecule has 3 atom stereocenters. The maximum Gasteiger partial charge on any atom is 0.338 e. The molecule has 5 heterocycles. The number of aryl methyl sites for hydroxylation is 2. The first-order valence-corrected chi connectivity index (χ1v) is 16.4. The number of hydrogen-bond acceptors (Lipinski definition) is 4. The van der Waals surface area contributed by atoms with Gasteiger partial charge in [0.25, 0.3) is 0 Å². The molecule has 3 N–H and O–H groups in total. The Morgan fingerprint density at radius 1 is 0.886 bits per heavy atom. The Morgan fingerprint density at radius 3 is 2.25 bits per heavy atom. The van der Waals surface area contributed by atoms with Gasteiger partial charge in [0.2, 0.25) is 0 Å². The van der Waals surface area contributed by atoms with Gasteiger partial charge in [0, 0.05) is 51.9 Å². The number of allylic oxidation sites excluding steroid dienone is 2. The third kappa shape index (κ3) is 5.86. The van der Waals surface area contributed by atoms with Gasteiger partial charge in [-0.25, -0.2) is 9.78 Å². The average molecular weight is 597 g/mol. The number of fused-ring (bicyclic) bond motifs is 8. The second-order valence-electron chi connectivity index (χ2n) is 12.5. The van der Waals surface area contributed by atoms with Crippen LogP contribution in [0.15, 0.2) is 24.3 Å². The van der Waals surface area contributed by atoms with E-state index in [1.54, 1.807) is 0 Å². The van der Waals surface area contributed by atoms with Gasteiger partial charge < -0.3 is 19.8 Å². The van der Waals surface area contributed by atoms with Gasteiger partial charge in [0.15, 0.2) is 0 Å². The maximum atomic E-state index is 12.5. The zero-order valence-corrected chi connectivity index (χ0v) is 27.6. The summed E-state index contributed by atoms with van der Waals surface area (Å²) >= 11 is 0. The number of aromatic amines is 2. The van der Waals surface area contributed by atoms with Gasteiger partial charge in [-0.05, 0) is 93.5 Å². The number of rotatable bonds is 10. The molecule has 1 unspecified atom stereocenters. The lowest BCUT2D eigenvalue weighted by molar-refractivity contribution is 0.0634. The molecule has 2 aliphatic heterocycles. The van der Waals surface area contributed by atoms with E-state index in [1.165, 1.54) is 19.3 Å². The summed E-state index contributed by atoms with van der Waals surface area (Å²) in [4.78, 5) is 29.9. The van der Waals surface area contributed by atoms with Crippen LogP contribution < -0.4 is 0 Å². The third-order valence-corrected chi connectivity index (χ3v) is 9.71. The Morgan fingerprint density at radius 2 is 1.57 bits per heavy atom. The lowest BCUT2D eigenvalue weighted by atomic mass is 9.89. The van der Waals surface area contributed by atoms with Crippen molar-refractivity contribution in [3.05, 3.63) is 69.3 Å². The highest BCUT2D eigenvalue weighted by atomic mass is 16.5. The lowest BCUT2D eigenvalue weighted by Gasteiger charge is -2.14. The van der Waals surface area contributed by atoms with E-state index in [4.69, 9.17) is 14.7 Å². The standard InChI is InChI=1S/C37H48N4O3/c1-9-12-13-14-15-44-24(8)35-22(6)29-16-27-20(4)26(11-3)32(38-27)19-34-36(37(42)43)23(7)30(41-34)17-31-25(10-2)21(5)28(39-31)18-33(35)40-29/h16-20,24,26,40-41H,9-15H2,1-8H3,(H,42,43)/t20-,24?,26-/m0/s1. The Bertz CT molecular complexity index is 1760. The first kappa shape index (κ1) is 31.7. The summed E-state index contributed by atoms with van der Waals surface area (Å²) in [6, 6.07) is 8.28. The second kappa shape index (κ2) is 13.1. The van der Waals surface area contributed by atoms with Gasteiger partial charge in [-0.3, -0.25) is 4.98 Å². The molecule has 44 heavy (non-hydrogen) atoms. The summed E-state index contributed by atoms with van der Waals surface area (Å²) in [5.41, 5.74) is 12.7. The van der Waals surface area contributed by atoms with Crippen molar-refractivity contribution in [2.24, 2.45) is 0 Å². The molecule has 0 aliphatic carbocycles. The van der Waals surface area contributed by atoms with E-state index in [0.717, 1.165) is 87.5 Å². The molecule has 8 bridgehead atoms. The van der Waals surface area contributed by atoms with Crippen LogP contribution in [-0.4, -0.2) is 37.6 Å². The van der Waals surface area contributed by atoms with E-state index in [9.17, 15) is 9.90 Å². The summed E-state index contributed by atoms with van der Waals surface area (Å²) in [6.07, 6.45) is 6.34. The van der Waals surface area contributed by atoms with Crippen molar-refractivity contribution in [2.75, 3.05) is 6.61 Å². The van der Waals surface area contributed by atoms with Crippen LogP contribution in [0, 0.1) is 13.8 Å². The number of unbranched alkanes of at least 4 members (excludes halogenated alkanes) is 3. The predicted octanol–water partition coefficient (Wildman–Crippen LogP) is 9.93. The van der Waals surface area contributed by atoms with Crippen molar-refractivity contribution in [1.29, 1.82) is 0 Å². The van der Waals surface area contributed by atoms with Crippen molar-refractivity contribution >= 4 is 39.2 Å². The second-order valence-corrected chi connectivity index (χ2v) is 12.5. The van der Waals surface area contributed by atoms with Crippen LogP contribution >= 0.6 is 0 Å². The van der Waals surface area contributed by atoms with Crippen molar-refractivity contribution in [1.82, 2.24) is 19.9 Å². The summed E-state index contributed by atoms with van der Waals surface area (Å²) in [5.74, 6) is -0.566. The fourth-order valence-electron chi connectivity index (χ4n) is 7.04. The average Bonchev–Trinajstić information content (AvgIpc) is 3.65. The largest absolute Gasteiger partial charge is 0.478 e. The zero-order valence-electron chi connectivity index (χ0n) is 27.6. The minimum Gasteiger partial charge on any atom is -0.478 e. The fourth-order valence-corrected chi connectivity index (χ4v) is 7.04. The molecule has 7 heteroatoms. The molecule has 0 fully saturated rings. The Hall–Kier alpha value is -3.71. The molecule has 7 nitrogen and oxygen atoms in total. The van der Waals surface area contributed by atoms with Crippen molar-refractivity contribution in [2.45, 2.75) is 112 Å². The number of nitrogens with zero attached hydrogens (tertiary/aromatic N) is 2. The SMILES string of the molecule is CCCCCCOC(C)c1c(C)c2cc3nc(cc4[nH]c(cc5nc(cc1[nH]2)C(C)=C5CC)c(C)c4C(=O)O)[C@@H](CC)[C@@H]3C. The van der Waals surface area contributed by atoms with Crippen LogP contribution in [0.2, 0.25) is 0 Å². The topological polar surface area (TPSA) is 104 Å². The summed E-state index contributed by atoms with van der Waals surface area (Å²) < 4.78 is 6.42. The first-order chi connectivity index (χ1) is 21.1. The van der Waals surface area contributed by atoms with E-state index in [1.807, 2.05) is 19.1 Å². The number of hydrogen-bond donors (Lipinski definition) is 3. The molecular weight excluding hydrogens is 548 g/mol. The highest BCUT2D eigenvalue weighted by Crippen LogP contribution is 2.40. The Balaban J connectivity index is 1.83. The van der Waals surface area contributed by atoms with E-state index in [-0.39, 0.29) is 23.5 Å². The van der Waals surface area contributed by atoms with Gasteiger partial charge in [0.1, 0.15) is 0 Å². The van der Waals surface area contributed by atoms with Gasteiger partial charge in [-0.2, -0.15) is 0 Å². The monoisotopic (exact) mass is 596 g/mol. The van der Waals surface area contributed by atoms with Gasteiger partial charge in [-0.1, -0.05) is 47.0 Å². The molecule has 0 amide bonds. The minimum absolute atomic E-state index is 0.0776. The van der Waals surface area contributed by atoms with Crippen molar-refractivity contribution in [3.63, 3.8) is 0 Å². The van der Waals surface area contributed by atoms with Gasteiger partial charge >= 0.3 is 5.97 Å². The molecule has 3 aromatic heterocycles. The number of carbonyl (C=O) groups is 1. The molecule has 5 rings (SSSR count). The summed E-state index contributed by atoms with van der Waals surface area (Å²) in [7, 11) is 0. The van der Waals surface area contributed by atoms with E-state index >= 15 is 0 Å². The Kier molecular flexibility index (Phi) is 9.45. The Labute approximate surface area is 261 Å². The van der Waals surface area contributed by atoms with Crippen molar-refractivity contribution < 1.29 is 14.6 Å². The molecule has 3 aromatic rings. The number of aromatic carboxylic acids is 1.